The van der Waals surface area contributed by atoms with Gasteiger partial charge in [-0.15, -0.1) is 0 Å². The Hall–Kier alpha value is -4.30. The van der Waals surface area contributed by atoms with Crippen LogP contribution in [0.25, 0.3) is 6.08 Å². The van der Waals surface area contributed by atoms with Crippen molar-refractivity contribution in [3.8, 4) is 11.5 Å². The minimum Gasteiger partial charge on any atom is -0.486 e. The van der Waals surface area contributed by atoms with E-state index in [0.29, 0.717) is 41.1 Å². The SMILES string of the molecule is O=C(Nc1ccc(Cl)cc1)[C@H]1[C@H]2C(=O)N(c3ccc4c(c3)OCCO4)C(=O)[C@H]2[C@@H]2C=Cc3ccccc3N21. The van der Waals surface area contributed by atoms with E-state index in [0.717, 1.165) is 11.3 Å². The van der Waals surface area contributed by atoms with Crippen LogP contribution in [0.3, 0.4) is 0 Å². The molecule has 7 rings (SSSR count). The summed E-state index contributed by atoms with van der Waals surface area (Å²) < 4.78 is 11.3. The van der Waals surface area contributed by atoms with Gasteiger partial charge < -0.3 is 19.7 Å². The molecule has 4 heterocycles. The van der Waals surface area contributed by atoms with E-state index in [1.165, 1.54) is 4.90 Å². The van der Waals surface area contributed by atoms with Gasteiger partial charge in [-0.3, -0.25) is 14.4 Å². The largest absolute Gasteiger partial charge is 0.486 e. The molecule has 4 aliphatic rings. The molecule has 9 heteroatoms. The highest BCUT2D eigenvalue weighted by atomic mass is 35.5. The minimum absolute atomic E-state index is 0.336. The standard InChI is InChI=1S/C29H22ClN3O5/c30-17-6-8-18(9-7-17)31-27(34)26-25-24(21-11-5-16-3-1-2-4-20(16)33(21)26)28(35)32(29(25)36)19-10-12-22-23(15-19)38-14-13-37-22/h1-12,15,21,24-26H,13-14H2,(H,31,34)/t21-,24-,25-,26+/m0/s1. The second kappa shape index (κ2) is 8.63. The number of benzene rings is 3. The molecule has 0 saturated carbocycles. The number of nitrogens with one attached hydrogen (secondary N) is 1. The zero-order chi connectivity index (χ0) is 26.0. The third-order valence-electron chi connectivity index (χ3n) is 7.58. The summed E-state index contributed by atoms with van der Waals surface area (Å²) in [7, 11) is 0. The number of rotatable bonds is 3. The predicted octanol–water partition coefficient (Wildman–Crippen LogP) is 4.14. The van der Waals surface area contributed by atoms with Crippen LogP contribution in [0.2, 0.25) is 5.02 Å². The van der Waals surface area contributed by atoms with Gasteiger partial charge in [-0.05, 0) is 48.0 Å². The van der Waals surface area contributed by atoms with Crippen molar-refractivity contribution in [3.63, 3.8) is 0 Å². The number of amides is 3. The van der Waals surface area contributed by atoms with Crippen molar-refractivity contribution < 1.29 is 23.9 Å². The molecule has 0 aliphatic carbocycles. The van der Waals surface area contributed by atoms with Crippen molar-refractivity contribution in [2.24, 2.45) is 11.8 Å². The van der Waals surface area contributed by atoms with Gasteiger partial charge in [-0.1, -0.05) is 42.0 Å². The molecule has 3 aromatic rings. The summed E-state index contributed by atoms with van der Waals surface area (Å²) >= 11 is 6.02. The van der Waals surface area contributed by atoms with Crippen LogP contribution in [0, 0.1) is 11.8 Å². The summed E-state index contributed by atoms with van der Waals surface area (Å²) in [4.78, 5) is 44.9. The van der Waals surface area contributed by atoms with Gasteiger partial charge in [-0.2, -0.15) is 0 Å². The molecule has 0 unspecified atom stereocenters. The van der Waals surface area contributed by atoms with E-state index in [9.17, 15) is 14.4 Å². The lowest BCUT2D eigenvalue weighted by Crippen LogP contribution is -2.50. The lowest BCUT2D eigenvalue weighted by Gasteiger charge is -2.36. The minimum atomic E-state index is -0.898. The number of carbonyl (C=O) groups is 3. The van der Waals surface area contributed by atoms with E-state index in [-0.39, 0.29) is 11.8 Å². The normalized spacial score (nSPS) is 24.7. The molecule has 2 fully saturated rings. The molecule has 8 nitrogen and oxygen atoms in total. The Morgan fingerprint density at radius 2 is 1.63 bits per heavy atom. The van der Waals surface area contributed by atoms with Crippen LogP contribution in [0.1, 0.15) is 5.56 Å². The fourth-order valence-electron chi connectivity index (χ4n) is 5.99. The maximum absolute atomic E-state index is 14.0. The molecule has 38 heavy (non-hydrogen) atoms. The van der Waals surface area contributed by atoms with E-state index in [4.69, 9.17) is 21.1 Å². The molecule has 1 N–H and O–H groups in total. The number of para-hydroxylation sites is 1. The van der Waals surface area contributed by atoms with E-state index >= 15 is 0 Å². The van der Waals surface area contributed by atoms with Gasteiger partial charge in [-0.25, -0.2) is 4.90 Å². The molecule has 3 amide bonds. The number of nitrogens with zero attached hydrogens (tertiary/aromatic N) is 2. The van der Waals surface area contributed by atoms with Crippen molar-refractivity contribution >= 4 is 52.5 Å². The molecule has 0 bridgehead atoms. The number of imide groups is 1. The van der Waals surface area contributed by atoms with Gasteiger partial charge >= 0.3 is 0 Å². The number of hydrogen-bond acceptors (Lipinski definition) is 6. The maximum Gasteiger partial charge on any atom is 0.247 e. The van der Waals surface area contributed by atoms with E-state index in [1.54, 1.807) is 42.5 Å². The van der Waals surface area contributed by atoms with Crippen LogP contribution in [-0.2, 0) is 14.4 Å². The van der Waals surface area contributed by atoms with Crippen molar-refractivity contribution in [2.45, 2.75) is 12.1 Å². The first-order valence-electron chi connectivity index (χ1n) is 12.4. The lowest BCUT2D eigenvalue weighted by atomic mass is 9.88. The number of halogens is 1. The van der Waals surface area contributed by atoms with Crippen LogP contribution in [0.4, 0.5) is 17.1 Å². The number of carbonyl (C=O) groups excluding carboxylic acids is 3. The molecule has 190 valence electrons. The van der Waals surface area contributed by atoms with Gasteiger partial charge in [0.05, 0.1) is 23.6 Å². The number of anilines is 3. The number of fused-ring (bicyclic) bond motifs is 6. The predicted molar refractivity (Wildman–Crippen MR) is 143 cm³/mol. The van der Waals surface area contributed by atoms with Crippen LogP contribution >= 0.6 is 11.6 Å². The first-order valence-corrected chi connectivity index (χ1v) is 12.8. The van der Waals surface area contributed by atoms with Gasteiger partial charge in [0.2, 0.25) is 17.7 Å². The molecule has 0 spiro atoms. The average Bonchev–Trinajstić information content (AvgIpc) is 3.42. The van der Waals surface area contributed by atoms with Crippen LogP contribution in [0.5, 0.6) is 11.5 Å². The molecule has 0 radical (unpaired) electrons. The third kappa shape index (κ3) is 3.40. The summed E-state index contributed by atoms with van der Waals surface area (Å²) in [6.07, 6.45) is 3.88. The van der Waals surface area contributed by atoms with Crippen LogP contribution < -0.4 is 24.6 Å². The Bertz CT molecular complexity index is 1520. The van der Waals surface area contributed by atoms with Crippen LogP contribution in [-0.4, -0.2) is 43.0 Å². The zero-order valence-electron chi connectivity index (χ0n) is 20.0. The van der Waals surface area contributed by atoms with Gasteiger partial charge in [0.25, 0.3) is 0 Å². The summed E-state index contributed by atoms with van der Waals surface area (Å²) in [6, 6.07) is 18.1. The van der Waals surface area contributed by atoms with Gasteiger partial charge in [0.1, 0.15) is 19.3 Å². The average molecular weight is 528 g/mol. The zero-order valence-corrected chi connectivity index (χ0v) is 20.8. The first kappa shape index (κ1) is 22.9. The topological polar surface area (TPSA) is 88.2 Å². The molecule has 2 saturated heterocycles. The molecule has 4 aliphatic heterocycles. The molecular formula is C29H22ClN3O5. The summed E-state index contributed by atoms with van der Waals surface area (Å²) in [5.74, 6) is -1.65. The molecular weight excluding hydrogens is 506 g/mol. The van der Waals surface area contributed by atoms with E-state index in [2.05, 4.69) is 5.32 Å². The lowest BCUT2D eigenvalue weighted by molar-refractivity contribution is -0.126. The van der Waals surface area contributed by atoms with Crippen molar-refractivity contribution in [2.75, 3.05) is 28.3 Å². The monoisotopic (exact) mass is 527 g/mol. The highest BCUT2D eigenvalue weighted by molar-refractivity contribution is 6.30. The van der Waals surface area contributed by atoms with E-state index in [1.807, 2.05) is 41.3 Å². The Morgan fingerprint density at radius 1 is 0.895 bits per heavy atom. The fraction of sp³-hybridized carbons (Fsp3) is 0.207. The van der Waals surface area contributed by atoms with Crippen molar-refractivity contribution in [1.82, 2.24) is 0 Å². The number of hydrogen-bond donors (Lipinski definition) is 1. The Labute approximate surface area is 223 Å². The Morgan fingerprint density at radius 3 is 2.45 bits per heavy atom. The summed E-state index contributed by atoms with van der Waals surface area (Å²) in [5, 5.41) is 3.48. The van der Waals surface area contributed by atoms with Crippen molar-refractivity contribution in [1.29, 1.82) is 0 Å². The van der Waals surface area contributed by atoms with Gasteiger partial charge in [0, 0.05) is 22.5 Å². The molecule has 4 atom stereocenters. The van der Waals surface area contributed by atoms with Crippen LogP contribution in [0.15, 0.2) is 72.8 Å². The maximum atomic E-state index is 14.0. The molecule has 3 aromatic carbocycles. The Kier molecular flexibility index (Phi) is 5.19. The smallest absolute Gasteiger partial charge is 0.247 e. The molecule has 0 aromatic heterocycles. The second-order valence-corrected chi connectivity index (χ2v) is 10.1. The third-order valence-corrected chi connectivity index (χ3v) is 7.83. The fourth-order valence-corrected chi connectivity index (χ4v) is 6.11. The Balaban J connectivity index is 1.30. The highest BCUT2D eigenvalue weighted by Gasteiger charge is 2.64. The van der Waals surface area contributed by atoms with Crippen molar-refractivity contribution in [3.05, 3.63) is 83.4 Å². The summed E-state index contributed by atoms with van der Waals surface area (Å²) in [5.41, 5.74) is 2.71. The van der Waals surface area contributed by atoms with Gasteiger partial charge in [0.15, 0.2) is 11.5 Å². The summed E-state index contributed by atoms with van der Waals surface area (Å²) in [6.45, 7) is 0.825. The van der Waals surface area contributed by atoms with E-state index < -0.39 is 29.8 Å². The quantitative estimate of drug-likeness (QED) is 0.515. The second-order valence-electron chi connectivity index (χ2n) is 9.65. The number of ether oxygens (including phenoxy) is 2. The highest BCUT2D eigenvalue weighted by Crippen LogP contribution is 2.50. The first-order chi connectivity index (χ1) is 18.5.